The van der Waals surface area contributed by atoms with Gasteiger partial charge in [-0.25, -0.2) is 0 Å². The first-order valence-corrected chi connectivity index (χ1v) is 8.05. The molecule has 0 amide bonds. The highest BCUT2D eigenvalue weighted by Crippen LogP contribution is 2.33. The lowest BCUT2D eigenvalue weighted by molar-refractivity contribution is 0.0294. The Bertz CT molecular complexity index is 425. The fourth-order valence-electron chi connectivity index (χ4n) is 2.74. The molecule has 1 N–H and O–H groups in total. The van der Waals surface area contributed by atoms with Crippen molar-refractivity contribution in [1.29, 1.82) is 0 Å². The zero-order valence-corrected chi connectivity index (χ0v) is 14.0. The average Bonchev–Trinajstić information content (AvgIpc) is 3.01. The molecule has 1 aromatic heterocycles. The van der Waals surface area contributed by atoms with Crippen LogP contribution >= 0.6 is 15.9 Å². The lowest BCUT2D eigenvalue weighted by atomic mass is 10.0. The van der Waals surface area contributed by atoms with E-state index in [9.17, 15) is 0 Å². The van der Waals surface area contributed by atoms with Crippen molar-refractivity contribution in [2.75, 3.05) is 20.3 Å². The van der Waals surface area contributed by atoms with E-state index < -0.39 is 0 Å². The van der Waals surface area contributed by atoms with Crippen LogP contribution in [0.2, 0.25) is 0 Å². The lowest BCUT2D eigenvalue weighted by Crippen LogP contribution is -2.34. The molecule has 0 saturated carbocycles. The summed E-state index contributed by atoms with van der Waals surface area (Å²) in [5.74, 6) is 0. The van der Waals surface area contributed by atoms with Crippen LogP contribution in [0.25, 0.3) is 0 Å². The maximum atomic E-state index is 6.06. The quantitative estimate of drug-likeness (QED) is 0.824. The largest absolute Gasteiger partial charge is 0.383 e. The van der Waals surface area contributed by atoms with E-state index in [1.165, 1.54) is 0 Å². The summed E-state index contributed by atoms with van der Waals surface area (Å²) in [4.78, 5) is 0. The second-order valence-corrected chi connectivity index (χ2v) is 6.05. The number of rotatable bonds is 7. The molecule has 1 aliphatic rings. The second-order valence-electron chi connectivity index (χ2n) is 5.19. The molecule has 6 heteroatoms. The molecule has 0 spiro atoms. The minimum Gasteiger partial charge on any atom is -0.383 e. The van der Waals surface area contributed by atoms with Gasteiger partial charge < -0.3 is 14.8 Å². The fraction of sp³-hybridized carbons (Fsp3) is 0.786. The van der Waals surface area contributed by atoms with Gasteiger partial charge in [0.25, 0.3) is 0 Å². The van der Waals surface area contributed by atoms with Gasteiger partial charge in [0.2, 0.25) is 0 Å². The SMILES string of the molecule is CCNC(c1c(Br)cnn1CCOC)C1CCC(C)O1. The number of halogens is 1. The average molecular weight is 346 g/mol. The summed E-state index contributed by atoms with van der Waals surface area (Å²) >= 11 is 3.62. The van der Waals surface area contributed by atoms with Gasteiger partial charge in [-0.15, -0.1) is 0 Å². The number of hydrogen-bond donors (Lipinski definition) is 1. The molecule has 114 valence electrons. The minimum absolute atomic E-state index is 0.165. The molecule has 5 nitrogen and oxygen atoms in total. The topological polar surface area (TPSA) is 48.3 Å². The van der Waals surface area contributed by atoms with Crippen molar-refractivity contribution in [3.05, 3.63) is 16.4 Å². The number of aromatic nitrogens is 2. The predicted molar refractivity (Wildman–Crippen MR) is 81.8 cm³/mol. The Morgan fingerprint density at radius 3 is 3.00 bits per heavy atom. The van der Waals surface area contributed by atoms with Crippen LogP contribution in [0.5, 0.6) is 0 Å². The molecule has 3 atom stereocenters. The first-order valence-electron chi connectivity index (χ1n) is 7.26. The first kappa shape index (κ1) is 15.9. The van der Waals surface area contributed by atoms with E-state index in [-0.39, 0.29) is 12.1 Å². The van der Waals surface area contributed by atoms with E-state index in [1.807, 2.05) is 10.9 Å². The maximum Gasteiger partial charge on any atom is 0.0790 e. The van der Waals surface area contributed by atoms with Crippen LogP contribution < -0.4 is 5.32 Å². The van der Waals surface area contributed by atoms with Crippen LogP contribution in [-0.4, -0.2) is 42.2 Å². The highest BCUT2D eigenvalue weighted by Gasteiger charge is 2.33. The van der Waals surface area contributed by atoms with Crippen LogP contribution in [0.3, 0.4) is 0 Å². The molecule has 0 radical (unpaired) electrons. The van der Waals surface area contributed by atoms with Crippen molar-refractivity contribution in [3.63, 3.8) is 0 Å². The van der Waals surface area contributed by atoms with Gasteiger partial charge in [-0.2, -0.15) is 5.10 Å². The first-order chi connectivity index (χ1) is 9.67. The van der Waals surface area contributed by atoms with E-state index in [0.717, 1.165) is 36.1 Å². The monoisotopic (exact) mass is 345 g/mol. The van der Waals surface area contributed by atoms with Crippen LogP contribution in [0, 0.1) is 0 Å². The van der Waals surface area contributed by atoms with E-state index in [0.29, 0.717) is 12.7 Å². The Morgan fingerprint density at radius 2 is 2.40 bits per heavy atom. The smallest absolute Gasteiger partial charge is 0.0790 e. The Morgan fingerprint density at radius 1 is 1.60 bits per heavy atom. The summed E-state index contributed by atoms with van der Waals surface area (Å²) in [5.41, 5.74) is 1.16. The van der Waals surface area contributed by atoms with Crippen molar-refractivity contribution in [1.82, 2.24) is 15.1 Å². The van der Waals surface area contributed by atoms with Gasteiger partial charge in [-0.3, -0.25) is 4.68 Å². The molecule has 0 bridgehead atoms. The molecule has 3 unspecified atom stereocenters. The van der Waals surface area contributed by atoms with E-state index in [1.54, 1.807) is 7.11 Å². The summed E-state index contributed by atoms with van der Waals surface area (Å²) in [6.45, 7) is 6.57. The van der Waals surface area contributed by atoms with Gasteiger partial charge in [-0.05, 0) is 42.2 Å². The van der Waals surface area contributed by atoms with E-state index >= 15 is 0 Å². The molecule has 0 aromatic carbocycles. The molecule has 2 heterocycles. The Kier molecular flexibility index (Phi) is 6.01. The highest BCUT2D eigenvalue weighted by atomic mass is 79.9. The molecule has 1 aliphatic heterocycles. The van der Waals surface area contributed by atoms with Crippen molar-refractivity contribution < 1.29 is 9.47 Å². The number of likely N-dealkylation sites (N-methyl/N-ethyl adjacent to an activating group) is 1. The molecular weight excluding hydrogens is 322 g/mol. The minimum atomic E-state index is 0.165. The van der Waals surface area contributed by atoms with Crippen LogP contribution in [0.4, 0.5) is 0 Å². The Balaban J connectivity index is 2.21. The molecule has 20 heavy (non-hydrogen) atoms. The number of nitrogens with one attached hydrogen (secondary N) is 1. The third-order valence-electron chi connectivity index (χ3n) is 3.70. The standard InChI is InChI=1S/C14H24BrN3O2/c1-4-16-13(12-6-5-10(2)20-12)14-11(15)9-17-18(14)7-8-19-3/h9-10,12-13,16H,4-8H2,1-3H3. The van der Waals surface area contributed by atoms with Crippen molar-refractivity contribution in [2.45, 2.75) is 51.5 Å². The van der Waals surface area contributed by atoms with E-state index in [2.05, 4.69) is 40.2 Å². The normalized spacial score (nSPS) is 24.2. The number of methoxy groups -OCH3 is 1. The highest BCUT2D eigenvalue weighted by molar-refractivity contribution is 9.10. The van der Waals surface area contributed by atoms with Gasteiger partial charge in [0.15, 0.2) is 0 Å². The summed E-state index contributed by atoms with van der Waals surface area (Å²) in [6, 6.07) is 0.165. The van der Waals surface area contributed by atoms with Gasteiger partial charge in [0, 0.05) is 7.11 Å². The van der Waals surface area contributed by atoms with Gasteiger partial charge in [0.05, 0.1) is 47.8 Å². The molecular formula is C14H24BrN3O2. The van der Waals surface area contributed by atoms with Crippen molar-refractivity contribution in [2.24, 2.45) is 0 Å². The van der Waals surface area contributed by atoms with E-state index in [4.69, 9.17) is 9.47 Å². The summed E-state index contributed by atoms with van der Waals surface area (Å²) in [5, 5.41) is 7.99. The maximum absolute atomic E-state index is 6.06. The molecule has 1 aromatic rings. The number of ether oxygens (including phenoxy) is 2. The number of nitrogens with zero attached hydrogens (tertiary/aromatic N) is 2. The van der Waals surface area contributed by atoms with Gasteiger partial charge >= 0.3 is 0 Å². The molecule has 0 aliphatic carbocycles. The molecule has 1 saturated heterocycles. The third kappa shape index (κ3) is 3.61. The Hall–Kier alpha value is -0.430. The Labute approximate surface area is 129 Å². The summed E-state index contributed by atoms with van der Waals surface area (Å²) in [7, 11) is 1.71. The second kappa shape index (κ2) is 7.54. The van der Waals surface area contributed by atoms with Gasteiger partial charge in [0.1, 0.15) is 0 Å². The zero-order chi connectivity index (χ0) is 14.5. The van der Waals surface area contributed by atoms with Crippen LogP contribution in [-0.2, 0) is 16.0 Å². The lowest BCUT2D eigenvalue weighted by Gasteiger charge is -2.26. The third-order valence-corrected chi connectivity index (χ3v) is 4.31. The molecule has 1 fully saturated rings. The van der Waals surface area contributed by atoms with Crippen LogP contribution in [0.1, 0.15) is 38.4 Å². The number of hydrogen-bond acceptors (Lipinski definition) is 4. The van der Waals surface area contributed by atoms with Crippen LogP contribution in [0.15, 0.2) is 10.7 Å². The zero-order valence-electron chi connectivity index (χ0n) is 12.4. The summed E-state index contributed by atoms with van der Waals surface area (Å²) < 4.78 is 14.3. The fourth-order valence-corrected chi connectivity index (χ4v) is 3.28. The summed E-state index contributed by atoms with van der Waals surface area (Å²) in [6.07, 6.45) is 4.61. The molecule has 2 rings (SSSR count). The predicted octanol–water partition coefficient (Wildman–Crippen LogP) is 2.51. The van der Waals surface area contributed by atoms with Gasteiger partial charge in [-0.1, -0.05) is 6.92 Å². The van der Waals surface area contributed by atoms with Crippen molar-refractivity contribution >= 4 is 15.9 Å². The van der Waals surface area contributed by atoms with Crippen molar-refractivity contribution in [3.8, 4) is 0 Å².